The van der Waals surface area contributed by atoms with Gasteiger partial charge in [-0.1, -0.05) is 0 Å². The second-order valence-electron chi connectivity index (χ2n) is 4.99. The minimum Gasteiger partial charge on any atom is -0.386 e. The highest BCUT2D eigenvalue weighted by atomic mass is 32.2. The van der Waals surface area contributed by atoms with E-state index < -0.39 is 56.4 Å². The van der Waals surface area contributed by atoms with E-state index in [9.17, 15) is 31.1 Å². The molecule has 1 aliphatic heterocycles. The van der Waals surface area contributed by atoms with Crippen molar-refractivity contribution in [1.29, 1.82) is 0 Å². The fourth-order valence-electron chi connectivity index (χ4n) is 2.08. The molecular weight excluding hydrogens is 330 g/mol. The third-order valence-corrected chi connectivity index (χ3v) is 4.99. The second kappa shape index (κ2) is 5.76. The Morgan fingerprint density at radius 2 is 1.86 bits per heavy atom. The topological polar surface area (TPSA) is 75.6 Å². The van der Waals surface area contributed by atoms with Crippen LogP contribution in [0, 0.1) is 23.3 Å². The molecule has 1 aromatic carbocycles. The van der Waals surface area contributed by atoms with Gasteiger partial charge in [0.15, 0.2) is 28.2 Å². The minimum atomic E-state index is -4.91. The summed E-state index contributed by atoms with van der Waals surface area (Å²) >= 11 is 0. The highest BCUT2D eigenvalue weighted by Crippen LogP contribution is 2.27. The standard InChI is InChI=1S/C12H13F4NO4S/c1-6-12(18,2-3-21-6)5-17-22(19,20)11-9(15)7(13)4-8(14)10(11)16/h4,6,17-18H,2-3,5H2,1H3/t6-,12+/m1/s1. The molecule has 124 valence electrons. The molecule has 1 fully saturated rings. The van der Waals surface area contributed by atoms with E-state index >= 15 is 0 Å². The van der Waals surface area contributed by atoms with Gasteiger partial charge < -0.3 is 9.84 Å². The minimum absolute atomic E-state index is 0.0931. The van der Waals surface area contributed by atoms with Crippen LogP contribution in [-0.2, 0) is 14.8 Å². The third kappa shape index (κ3) is 2.96. The number of benzene rings is 1. The first kappa shape index (κ1) is 17.1. The molecule has 0 unspecified atom stereocenters. The lowest BCUT2D eigenvalue weighted by atomic mass is 9.97. The van der Waals surface area contributed by atoms with Crippen LogP contribution in [0.1, 0.15) is 13.3 Å². The molecule has 0 radical (unpaired) electrons. The highest BCUT2D eigenvalue weighted by molar-refractivity contribution is 7.89. The van der Waals surface area contributed by atoms with Gasteiger partial charge in [0, 0.05) is 25.6 Å². The van der Waals surface area contributed by atoms with Gasteiger partial charge in [-0.25, -0.2) is 30.7 Å². The van der Waals surface area contributed by atoms with Crippen molar-refractivity contribution in [2.24, 2.45) is 0 Å². The fourth-order valence-corrected chi connectivity index (χ4v) is 3.33. The van der Waals surface area contributed by atoms with Crippen molar-refractivity contribution in [2.75, 3.05) is 13.2 Å². The Balaban J connectivity index is 2.32. The van der Waals surface area contributed by atoms with Crippen molar-refractivity contribution in [1.82, 2.24) is 4.72 Å². The summed E-state index contributed by atoms with van der Waals surface area (Å²) in [6.07, 6.45) is -0.617. The summed E-state index contributed by atoms with van der Waals surface area (Å²) in [7, 11) is -4.91. The van der Waals surface area contributed by atoms with E-state index in [0.717, 1.165) is 0 Å². The molecule has 1 saturated heterocycles. The van der Waals surface area contributed by atoms with Crippen LogP contribution < -0.4 is 4.72 Å². The van der Waals surface area contributed by atoms with Gasteiger partial charge in [0.1, 0.15) is 5.60 Å². The average molecular weight is 343 g/mol. The van der Waals surface area contributed by atoms with E-state index in [0.29, 0.717) is 0 Å². The van der Waals surface area contributed by atoms with Crippen LogP contribution in [0.2, 0.25) is 0 Å². The maximum Gasteiger partial charge on any atom is 0.246 e. The second-order valence-corrected chi connectivity index (χ2v) is 6.69. The molecular formula is C12H13F4NO4S. The van der Waals surface area contributed by atoms with Gasteiger partial charge in [0.05, 0.1) is 6.10 Å². The van der Waals surface area contributed by atoms with Crippen LogP contribution >= 0.6 is 0 Å². The summed E-state index contributed by atoms with van der Waals surface area (Å²) in [6, 6.07) is -0.0931. The van der Waals surface area contributed by atoms with Crippen molar-refractivity contribution in [3.05, 3.63) is 29.3 Å². The van der Waals surface area contributed by atoms with Crippen molar-refractivity contribution in [3.8, 4) is 0 Å². The smallest absolute Gasteiger partial charge is 0.246 e. The van der Waals surface area contributed by atoms with E-state index in [-0.39, 0.29) is 19.1 Å². The van der Waals surface area contributed by atoms with Crippen LogP contribution in [-0.4, -0.2) is 38.4 Å². The monoisotopic (exact) mass is 343 g/mol. The Kier molecular flexibility index (Phi) is 4.49. The van der Waals surface area contributed by atoms with Gasteiger partial charge in [-0.2, -0.15) is 0 Å². The predicted octanol–water partition coefficient (Wildman–Crippen LogP) is 1.06. The maximum absolute atomic E-state index is 13.5. The SMILES string of the molecule is C[C@H]1OCC[C@]1(O)CNS(=O)(=O)c1c(F)c(F)cc(F)c1F. The normalized spacial score (nSPS) is 25.6. The molecule has 2 N–H and O–H groups in total. The molecule has 0 aromatic heterocycles. The number of halogens is 4. The molecule has 1 aromatic rings. The van der Waals surface area contributed by atoms with Gasteiger partial charge >= 0.3 is 0 Å². The Labute approximate surface area is 123 Å². The first-order chi connectivity index (χ1) is 10.1. The van der Waals surface area contributed by atoms with Crippen LogP contribution in [0.25, 0.3) is 0 Å². The zero-order valence-corrected chi connectivity index (χ0v) is 12.2. The van der Waals surface area contributed by atoms with Gasteiger partial charge in [-0.05, 0) is 6.92 Å². The Morgan fingerprint density at radius 1 is 1.32 bits per heavy atom. The molecule has 0 spiro atoms. The van der Waals surface area contributed by atoms with Crippen LogP contribution in [0.15, 0.2) is 11.0 Å². The summed E-state index contributed by atoms with van der Waals surface area (Å²) in [5.74, 6) is -7.74. The molecule has 1 aliphatic rings. The molecule has 0 amide bonds. The lowest BCUT2D eigenvalue weighted by Crippen LogP contribution is -2.47. The van der Waals surface area contributed by atoms with E-state index in [1.807, 2.05) is 0 Å². The first-order valence-corrected chi connectivity index (χ1v) is 7.73. The zero-order chi connectivity index (χ0) is 16.7. The largest absolute Gasteiger partial charge is 0.386 e. The van der Waals surface area contributed by atoms with Crippen LogP contribution in [0.3, 0.4) is 0 Å². The summed E-state index contributed by atoms with van der Waals surface area (Å²) < 4.78 is 83.9. The van der Waals surface area contributed by atoms with Gasteiger partial charge in [0.25, 0.3) is 0 Å². The molecule has 0 aliphatic carbocycles. The molecule has 0 saturated carbocycles. The van der Waals surface area contributed by atoms with Crippen molar-refractivity contribution >= 4 is 10.0 Å². The molecule has 2 atom stereocenters. The molecule has 2 rings (SSSR count). The van der Waals surface area contributed by atoms with Gasteiger partial charge in [0.2, 0.25) is 10.0 Å². The first-order valence-electron chi connectivity index (χ1n) is 6.25. The molecule has 22 heavy (non-hydrogen) atoms. The fraction of sp³-hybridized carbons (Fsp3) is 0.500. The van der Waals surface area contributed by atoms with Crippen LogP contribution in [0.4, 0.5) is 17.6 Å². The summed E-state index contributed by atoms with van der Waals surface area (Å²) in [4.78, 5) is -1.76. The molecule has 10 heteroatoms. The predicted molar refractivity (Wildman–Crippen MR) is 66.4 cm³/mol. The van der Waals surface area contributed by atoms with E-state index in [1.165, 1.54) is 6.92 Å². The summed E-state index contributed by atoms with van der Waals surface area (Å²) in [5.41, 5.74) is -1.58. The number of hydrogen-bond donors (Lipinski definition) is 2. The Hall–Kier alpha value is -1.23. The maximum atomic E-state index is 13.5. The highest BCUT2D eigenvalue weighted by Gasteiger charge is 2.41. The average Bonchev–Trinajstić information content (AvgIpc) is 2.75. The van der Waals surface area contributed by atoms with Crippen molar-refractivity contribution < 1.29 is 35.8 Å². The lowest BCUT2D eigenvalue weighted by molar-refractivity contribution is -0.0228. The van der Waals surface area contributed by atoms with E-state index in [2.05, 4.69) is 0 Å². The van der Waals surface area contributed by atoms with Gasteiger partial charge in [-0.3, -0.25) is 0 Å². The number of ether oxygens (including phenoxy) is 1. The quantitative estimate of drug-likeness (QED) is 0.633. The van der Waals surface area contributed by atoms with E-state index in [4.69, 9.17) is 4.74 Å². The number of nitrogens with one attached hydrogen (secondary N) is 1. The lowest BCUT2D eigenvalue weighted by Gasteiger charge is -2.26. The summed E-state index contributed by atoms with van der Waals surface area (Å²) in [6.45, 7) is 1.05. The Morgan fingerprint density at radius 3 is 2.32 bits per heavy atom. The van der Waals surface area contributed by atoms with Crippen LogP contribution in [0.5, 0.6) is 0 Å². The van der Waals surface area contributed by atoms with Crippen molar-refractivity contribution in [3.63, 3.8) is 0 Å². The van der Waals surface area contributed by atoms with Gasteiger partial charge in [-0.15, -0.1) is 0 Å². The van der Waals surface area contributed by atoms with E-state index in [1.54, 1.807) is 4.72 Å². The third-order valence-electron chi connectivity index (χ3n) is 3.57. The number of sulfonamides is 1. The molecule has 0 bridgehead atoms. The van der Waals surface area contributed by atoms with Crippen molar-refractivity contribution in [2.45, 2.75) is 29.9 Å². The zero-order valence-electron chi connectivity index (χ0n) is 11.4. The number of rotatable bonds is 4. The number of hydrogen-bond acceptors (Lipinski definition) is 4. The Bertz CT molecular complexity index is 671. The molecule has 1 heterocycles. The summed E-state index contributed by atoms with van der Waals surface area (Å²) in [5, 5.41) is 10.1. The molecule has 5 nitrogen and oxygen atoms in total. The number of aliphatic hydroxyl groups is 1.